The van der Waals surface area contributed by atoms with Crippen LogP contribution in [-0.2, 0) is 27.4 Å². The maximum atomic E-state index is 12.7. The molecule has 3 saturated heterocycles. The number of carbonyl (C=O) groups excluding carboxylic acids is 2. The van der Waals surface area contributed by atoms with Gasteiger partial charge in [0.15, 0.2) is 0 Å². The molecule has 204 valence electrons. The van der Waals surface area contributed by atoms with Gasteiger partial charge < -0.3 is 19.3 Å². The highest BCUT2D eigenvalue weighted by atomic mass is 16.6. The van der Waals surface area contributed by atoms with Crippen molar-refractivity contribution in [2.75, 3.05) is 58.9 Å². The van der Waals surface area contributed by atoms with Crippen LogP contribution < -0.4 is 0 Å². The molecule has 3 aliphatic rings. The first-order valence-corrected chi connectivity index (χ1v) is 14.0. The van der Waals surface area contributed by atoms with E-state index in [0.717, 1.165) is 77.3 Å². The minimum absolute atomic E-state index is 0.0654. The van der Waals surface area contributed by atoms with E-state index in [1.54, 1.807) is 0 Å². The zero-order valence-electron chi connectivity index (χ0n) is 22.2. The first-order valence-electron chi connectivity index (χ1n) is 14.0. The first-order chi connectivity index (χ1) is 18.6. The molecular weight excluding hydrogens is 480 g/mol. The standard InChI is InChI=1S/C30H40N4O4/c35-29(37-24-26-9-5-2-6-10-26)13-16-31-17-19-33(20-18-31)22-28-23-34(30(36)38-28)27-11-14-32(15-12-27)21-25-7-3-1-4-8-25/h1-10,27-28H,11-24H2. The van der Waals surface area contributed by atoms with Crippen LogP contribution in [0.4, 0.5) is 4.79 Å². The highest BCUT2D eigenvalue weighted by Crippen LogP contribution is 2.24. The van der Waals surface area contributed by atoms with Gasteiger partial charge in [0, 0.05) is 64.9 Å². The van der Waals surface area contributed by atoms with E-state index >= 15 is 0 Å². The summed E-state index contributed by atoms with van der Waals surface area (Å²) in [6, 6.07) is 20.6. The molecule has 1 amide bonds. The van der Waals surface area contributed by atoms with Crippen LogP contribution in [0.25, 0.3) is 0 Å². The molecule has 0 N–H and O–H groups in total. The molecule has 1 unspecified atom stereocenters. The number of hydrogen-bond donors (Lipinski definition) is 0. The van der Waals surface area contributed by atoms with Crippen molar-refractivity contribution in [3.05, 3.63) is 71.8 Å². The Morgan fingerprint density at radius 2 is 1.45 bits per heavy atom. The number of cyclic esters (lactones) is 1. The van der Waals surface area contributed by atoms with Gasteiger partial charge in [0.1, 0.15) is 12.7 Å². The van der Waals surface area contributed by atoms with E-state index in [4.69, 9.17) is 9.47 Å². The van der Waals surface area contributed by atoms with Crippen molar-refractivity contribution in [2.45, 2.75) is 44.6 Å². The van der Waals surface area contributed by atoms with Crippen LogP contribution in [0.2, 0.25) is 0 Å². The molecule has 0 aliphatic carbocycles. The number of ether oxygens (including phenoxy) is 2. The molecule has 0 bridgehead atoms. The number of piperazine rings is 1. The third-order valence-corrected chi connectivity index (χ3v) is 7.95. The Hall–Kier alpha value is -2.94. The number of piperidine rings is 1. The number of nitrogens with zero attached hydrogens (tertiary/aromatic N) is 4. The molecule has 2 aromatic carbocycles. The van der Waals surface area contributed by atoms with Crippen molar-refractivity contribution in [2.24, 2.45) is 0 Å². The first kappa shape index (κ1) is 26.7. The van der Waals surface area contributed by atoms with Gasteiger partial charge in [0.2, 0.25) is 0 Å². The Balaban J connectivity index is 0.967. The lowest BCUT2D eigenvalue weighted by atomic mass is 10.0. The van der Waals surface area contributed by atoms with Crippen LogP contribution in [0.3, 0.4) is 0 Å². The molecule has 2 aromatic rings. The van der Waals surface area contributed by atoms with Crippen LogP contribution >= 0.6 is 0 Å². The van der Waals surface area contributed by atoms with Gasteiger partial charge in [-0.1, -0.05) is 60.7 Å². The molecule has 0 spiro atoms. The van der Waals surface area contributed by atoms with E-state index < -0.39 is 0 Å². The number of hydrogen-bond acceptors (Lipinski definition) is 7. The van der Waals surface area contributed by atoms with Crippen molar-refractivity contribution < 1.29 is 19.1 Å². The van der Waals surface area contributed by atoms with Crippen LogP contribution in [0.5, 0.6) is 0 Å². The Bertz CT molecular complexity index is 1020. The zero-order valence-corrected chi connectivity index (χ0v) is 22.2. The fourth-order valence-electron chi connectivity index (χ4n) is 5.71. The molecule has 5 rings (SSSR count). The van der Waals surface area contributed by atoms with Gasteiger partial charge in [-0.25, -0.2) is 4.79 Å². The third kappa shape index (κ3) is 7.56. The summed E-state index contributed by atoms with van der Waals surface area (Å²) in [4.78, 5) is 33.9. The molecule has 0 aromatic heterocycles. The predicted molar refractivity (Wildman–Crippen MR) is 145 cm³/mol. The summed E-state index contributed by atoms with van der Waals surface area (Å²) in [5, 5.41) is 0. The van der Waals surface area contributed by atoms with Gasteiger partial charge in [0.05, 0.1) is 13.0 Å². The summed E-state index contributed by atoms with van der Waals surface area (Å²) in [7, 11) is 0. The van der Waals surface area contributed by atoms with Crippen LogP contribution in [0, 0.1) is 0 Å². The monoisotopic (exact) mass is 520 g/mol. The van der Waals surface area contributed by atoms with Crippen LogP contribution in [0.15, 0.2) is 60.7 Å². The summed E-state index contributed by atoms with van der Waals surface area (Å²) in [5.74, 6) is -0.153. The van der Waals surface area contributed by atoms with Crippen LogP contribution in [0.1, 0.15) is 30.4 Å². The molecule has 3 fully saturated rings. The smallest absolute Gasteiger partial charge is 0.410 e. The van der Waals surface area contributed by atoms with E-state index in [2.05, 4.69) is 45.0 Å². The molecule has 3 aliphatic heterocycles. The lowest BCUT2D eigenvalue weighted by molar-refractivity contribution is -0.145. The number of rotatable bonds is 10. The summed E-state index contributed by atoms with van der Waals surface area (Å²) in [5.41, 5.74) is 2.35. The van der Waals surface area contributed by atoms with E-state index in [1.165, 1.54) is 5.56 Å². The highest BCUT2D eigenvalue weighted by molar-refractivity contribution is 5.70. The van der Waals surface area contributed by atoms with E-state index in [9.17, 15) is 9.59 Å². The van der Waals surface area contributed by atoms with Gasteiger partial charge in [-0.05, 0) is 24.0 Å². The van der Waals surface area contributed by atoms with E-state index in [-0.39, 0.29) is 24.2 Å². The Morgan fingerprint density at radius 3 is 2.13 bits per heavy atom. The second-order valence-electron chi connectivity index (χ2n) is 10.7. The average Bonchev–Trinajstić information content (AvgIpc) is 3.32. The molecular formula is C30H40N4O4. The normalized spacial score (nSPS) is 21.9. The van der Waals surface area contributed by atoms with Crippen LogP contribution in [-0.4, -0.2) is 103 Å². The van der Waals surface area contributed by atoms with Crippen molar-refractivity contribution in [1.29, 1.82) is 0 Å². The minimum Gasteiger partial charge on any atom is -0.461 e. The Kier molecular flexibility index (Phi) is 9.28. The Morgan fingerprint density at radius 1 is 0.816 bits per heavy atom. The average molecular weight is 521 g/mol. The molecule has 38 heavy (non-hydrogen) atoms. The van der Waals surface area contributed by atoms with E-state index in [0.29, 0.717) is 19.6 Å². The summed E-state index contributed by atoms with van der Waals surface area (Å²) in [6.45, 7) is 9.18. The number of likely N-dealkylation sites (tertiary alicyclic amines) is 1. The summed E-state index contributed by atoms with van der Waals surface area (Å²) >= 11 is 0. The molecule has 8 nitrogen and oxygen atoms in total. The highest BCUT2D eigenvalue weighted by Gasteiger charge is 2.38. The second-order valence-corrected chi connectivity index (χ2v) is 10.7. The zero-order chi connectivity index (χ0) is 26.2. The van der Waals surface area contributed by atoms with E-state index in [1.807, 2.05) is 35.2 Å². The molecule has 8 heteroatoms. The largest absolute Gasteiger partial charge is 0.461 e. The molecule has 0 radical (unpaired) electrons. The van der Waals surface area contributed by atoms with Crippen molar-refractivity contribution in [3.63, 3.8) is 0 Å². The molecule has 0 saturated carbocycles. The topological polar surface area (TPSA) is 65.6 Å². The number of esters is 1. The van der Waals surface area contributed by atoms with Crippen molar-refractivity contribution in [3.8, 4) is 0 Å². The van der Waals surface area contributed by atoms with Gasteiger partial charge in [-0.3, -0.25) is 14.6 Å². The maximum absolute atomic E-state index is 12.7. The second kappa shape index (κ2) is 13.2. The third-order valence-electron chi connectivity index (χ3n) is 7.95. The maximum Gasteiger partial charge on any atom is 0.410 e. The van der Waals surface area contributed by atoms with Gasteiger partial charge in [0.25, 0.3) is 0 Å². The molecule has 1 atom stereocenters. The Labute approximate surface area is 226 Å². The fraction of sp³-hybridized carbons (Fsp3) is 0.533. The lowest BCUT2D eigenvalue weighted by Gasteiger charge is -2.36. The summed E-state index contributed by atoms with van der Waals surface area (Å²) < 4.78 is 11.2. The number of amides is 1. The number of carbonyl (C=O) groups is 2. The number of benzene rings is 2. The molecule has 3 heterocycles. The van der Waals surface area contributed by atoms with Crippen molar-refractivity contribution >= 4 is 12.1 Å². The van der Waals surface area contributed by atoms with Gasteiger partial charge >= 0.3 is 12.1 Å². The SMILES string of the molecule is O=C(CCN1CCN(CC2CN(C3CCN(Cc4ccccc4)CC3)C(=O)O2)CC1)OCc1ccccc1. The predicted octanol–water partition coefficient (Wildman–Crippen LogP) is 3.22. The quantitative estimate of drug-likeness (QED) is 0.446. The lowest BCUT2D eigenvalue weighted by Crippen LogP contribution is -2.49. The summed E-state index contributed by atoms with van der Waals surface area (Å²) in [6.07, 6.45) is 2.20. The fourth-order valence-corrected chi connectivity index (χ4v) is 5.71. The van der Waals surface area contributed by atoms with Gasteiger partial charge in [-0.15, -0.1) is 0 Å². The minimum atomic E-state index is -0.153. The van der Waals surface area contributed by atoms with Gasteiger partial charge in [-0.2, -0.15) is 0 Å². The van der Waals surface area contributed by atoms with Crippen molar-refractivity contribution in [1.82, 2.24) is 19.6 Å².